The molecule has 0 amide bonds. The van der Waals surface area contributed by atoms with Crippen LogP contribution in [0.4, 0.5) is 5.69 Å². The fraction of sp³-hybridized carbons (Fsp3) is 0.333. The van der Waals surface area contributed by atoms with E-state index >= 15 is 0 Å². The molecular weight excluding hydrogens is 286 g/mol. The number of hydrogen-bond donors (Lipinski definition) is 1. The van der Waals surface area contributed by atoms with E-state index in [-0.39, 0.29) is 0 Å². The lowest BCUT2D eigenvalue weighted by Gasteiger charge is -2.29. The van der Waals surface area contributed by atoms with E-state index in [0.29, 0.717) is 0 Å². The Hall–Kier alpha value is -2.01. The molecule has 3 aromatic rings. The molecule has 0 spiro atoms. The fourth-order valence-corrected chi connectivity index (χ4v) is 3.32. The zero-order valence-electron chi connectivity index (χ0n) is 12.0. The van der Waals surface area contributed by atoms with Gasteiger partial charge in [0.1, 0.15) is 0 Å². The summed E-state index contributed by atoms with van der Waals surface area (Å²) in [6, 6.07) is 3.94. The number of anilines is 1. The van der Waals surface area contributed by atoms with E-state index < -0.39 is 0 Å². The Labute approximate surface area is 127 Å². The van der Waals surface area contributed by atoms with Crippen molar-refractivity contribution in [2.75, 3.05) is 11.4 Å². The molecule has 0 bridgehead atoms. The average molecular weight is 302 g/mol. The Morgan fingerprint density at radius 3 is 3.05 bits per heavy atom. The van der Waals surface area contributed by atoms with Crippen molar-refractivity contribution in [3.05, 3.63) is 40.3 Å². The molecule has 0 unspecified atom stereocenters. The SMILES string of the molecule is Cc1c2c(nn1C)CCN(c1cc(Cl)cc3[nH]ncc13)C2. The Morgan fingerprint density at radius 1 is 1.33 bits per heavy atom. The van der Waals surface area contributed by atoms with Crippen LogP contribution < -0.4 is 4.90 Å². The number of benzene rings is 1. The molecule has 0 saturated carbocycles. The Bertz CT molecular complexity index is 832. The molecule has 108 valence electrons. The number of hydrogen-bond acceptors (Lipinski definition) is 3. The minimum atomic E-state index is 0.732. The van der Waals surface area contributed by atoms with Crippen LogP contribution in [0.25, 0.3) is 10.9 Å². The first kappa shape index (κ1) is 12.7. The summed E-state index contributed by atoms with van der Waals surface area (Å²) in [6.07, 6.45) is 2.83. The van der Waals surface area contributed by atoms with Gasteiger partial charge in [-0.1, -0.05) is 11.6 Å². The van der Waals surface area contributed by atoms with E-state index in [1.807, 2.05) is 30.1 Å². The number of halogens is 1. The summed E-state index contributed by atoms with van der Waals surface area (Å²) >= 11 is 6.24. The molecule has 0 aliphatic carbocycles. The van der Waals surface area contributed by atoms with Crippen molar-refractivity contribution in [2.45, 2.75) is 19.9 Å². The van der Waals surface area contributed by atoms with E-state index in [1.165, 1.54) is 17.0 Å². The number of aryl methyl sites for hydroxylation is 1. The van der Waals surface area contributed by atoms with Gasteiger partial charge < -0.3 is 4.90 Å². The highest BCUT2D eigenvalue weighted by Gasteiger charge is 2.23. The van der Waals surface area contributed by atoms with Gasteiger partial charge in [0, 0.05) is 53.9 Å². The number of nitrogens with zero attached hydrogens (tertiary/aromatic N) is 4. The number of H-pyrrole nitrogens is 1. The molecule has 1 N–H and O–H groups in total. The predicted octanol–water partition coefficient (Wildman–Crippen LogP) is 2.82. The van der Waals surface area contributed by atoms with Gasteiger partial charge in [-0.2, -0.15) is 10.2 Å². The first-order valence-corrected chi connectivity index (χ1v) is 7.40. The molecule has 0 saturated heterocycles. The smallest absolute Gasteiger partial charge is 0.0694 e. The maximum absolute atomic E-state index is 6.24. The quantitative estimate of drug-likeness (QED) is 0.752. The summed E-state index contributed by atoms with van der Waals surface area (Å²) in [5.41, 5.74) is 5.91. The van der Waals surface area contributed by atoms with Crippen LogP contribution in [0.5, 0.6) is 0 Å². The van der Waals surface area contributed by atoms with Gasteiger partial charge in [0.25, 0.3) is 0 Å². The van der Waals surface area contributed by atoms with Crippen LogP contribution in [-0.4, -0.2) is 26.5 Å². The molecule has 3 heterocycles. The topological polar surface area (TPSA) is 49.7 Å². The highest BCUT2D eigenvalue weighted by molar-refractivity contribution is 6.31. The number of aromatic nitrogens is 4. The molecule has 5 nitrogen and oxygen atoms in total. The van der Waals surface area contributed by atoms with Crippen LogP contribution in [0.1, 0.15) is 17.0 Å². The zero-order valence-corrected chi connectivity index (χ0v) is 12.8. The monoisotopic (exact) mass is 301 g/mol. The third-order valence-corrected chi connectivity index (χ3v) is 4.57. The van der Waals surface area contributed by atoms with Gasteiger partial charge in [-0.3, -0.25) is 9.78 Å². The highest BCUT2D eigenvalue weighted by Crippen LogP contribution is 2.33. The van der Waals surface area contributed by atoms with Gasteiger partial charge in [-0.25, -0.2) is 0 Å². The van der Waals surface area contributed by atoms with Gasteiger partial charge in [-0.15, -0.1) is 0 Å². The Balaban J connectivity index is 1.80. The second-order valence-electron chi connectivity index (χ2n) is 5.56. The third kappa shape index (κ3) is 1.92. The molecule has 21 heavy (non-hydrogen) atoms. The molecule has 0 atom stereocenters. The van der Waals surface area contributed by atoms with Crippen LogP contribution in [0.2, 0.25) is 5.02 Å². The van der Waals surface area contributed by atoms with Crippen molar-refractivity contribution >= 4 is 28.2 Å². The lowest BCUT2D eigenvalue weighted by atomic mass is 10.0. The van der Waals surface area contributed by atoms with Crippen molar-refractivity contribution in [3.8, 4) is 0 Å². The van der Waals surface area contributed by atoms with Gasteiger partial charge in [0.15, 0.2) is 0 Å². The first-order chi connectivity index (χ1) is 10.1. The lowest BCUT2D eigenvalue weighted by molar-refractivity contribution is 0.700. The minimum absolute atomic E-state index is 0.732. The van der Waals surface area contributed by atoms with E-state index in [4.69, 9.17) is 11.6 Å². The summed E-state index contributed by atoms with van der Waals surface area (Å²) in [5, 5.41) is 13.6. The molecule has 1 aliphatic rings. The van der Waals surface area contributed by atoms with E-state index in [1.54, 1.807) is 0 Å². The van der Waals surface area contributed by atoms with E-state index in [2.05, 4.69) is 27.1 Å². The zero-order chi connectivity index (χ0) is 14.6. The number of rotatable bonds is 1. The average Bonchev–Trinajstić information content (AvgIpc) is 3.03. The molecular formula is C15H16ClN5. The molecule has 1 aliphatic heterocycles. The van der Waals surface area contributed by atoms with Crippen molar-refractivity contribution in [3.63, 3.8) is 0 Å². The standard InChI is InChI=1S/C15H16ClN5/c1-9-12-8-21(4-3-13(12)19-20(9)2)15-6-10(16)5-14-11(15)7-17-18-14/h5-7H,3-4,8H2,1-2H3,(H,17,18). The highest BCUT2D eigenvalue weighted by atomic mass is 35.5. The molecule has 0 radical (unpaired) electrons. The van der Waals surface area contributed by atoms with Crippen LogP contribution >= 0.6 is 11.6 Å². The van der Waals surface area contributed by atoms with Crippen molar-refractivity contribution < 1.29 is 0 Å². The fourth-order valence-electron chi connectivity index (χ4n) is 3.10. The van der Waals surface area contributed by atoms with E-state index in [0.717, 1.165) is 41.1 Å². The normalized spacial score (nSPS) is 14.7. The Morgan fingerprint density at radius 2 is 2.19 bits per heavy atom. The molecule has 2 aromatic heterocycles. The maximum Gasteiger partial charge on any atom is 0.0694 e. The summed E-state index contributed by atoms with van der Waals surface area (Å²) in [6.45, 7) is 3.94. The maximum atomic E-state index is 6.24. The number of nitrogens with one attached hydrogen (secondary N) is 1. The Kier molecular flexibility index (Phi) is 2.72. The van der Waals surface area contributed by atoms with Crippen LogP contribution in [-0.2, 0) is 20.0 Å². The number of fused-ring (bicyclic) bond motifs is 2. The summed E-state index contributed by atoms with van der Waals surface area (Å²) in [4.78, 5) is 2.36. The number of aromatic amines is 1. The molecule has 1 aromatic carbocycles. The third-order valence-electron chi connectivity index (χ3n) is 4.35. The second-order valence-corrected chi connectivity index (χ2v) is 6.00. The van der Waals surface area contributed by atoms with Crippen LogP contribution in [0, 0.1) is 6.92 Å². The van der Waals surface area contributed by atoms with Crippen molar-refractivity contribution in [2.24, 2.45) is 7.05 Å². The van der Waals surface area contributed by atoms with E-state index in [9.17, 15) is 0 Å². The minimum Gasteiger partial charge on any atom is -0.366 e. The second kappa shape index (κ2) is 4.49. The van der Waals surface area contributed by atoms with Gasteiger partial charge in [0.2, 0.25) is 0 Å². The van der Waals surface area contributed by atoms with Gasteiger partial charge >= 0.3 is 0 Å². The first-order valence-electron chi connectivity index (χ1n) is 7.02. The largest absolute Gasteiger partial charge is 0.366 e. The molecule has 0 fully saturated rings. The summed E-state index contributed by atoms with van der Waals surface area (Å²) in [7, 11) is 2.01. The van der Waals surface area contributed by atoms with Crippen molar-refractivity contribution in [1.82, 2.24) is 20.0 Å². The van der Waals surface area contributed by atoms with Crippen LogP contribution in [0.15, 0.2) is 18.3 Å². The van der Waals surface area contributed by atoms with Crippen LogP contribution in [0.3, 0.4) is 0 Å². The predicted molar refractivity (Wildman–Crippen MR) is 83.8 cm³/mol. The molecule has 4 rings (SSSR count). The van der Waals surface area contributed by atoms with Gasteiger partial charge in [0.05, 0.1) is 17.4 Å². The van der Waals surface area contributed by atoms with Crippen molar-refractivity contribution in [1.29, 1.82) is 0 Å². The summed E-state index contributed by atoms with van der Waals surface area (Å²) in [5.74, 6) is 0. The van der Waals surface area contributed by atoms with Gasteiger partial charge in [-0.05, 0) is 19.1 Å². The lowest BCUT2D eigenvalue weighted by Crippen LogP contribution is -2.30. The summed E-state index contributed by atoms with van der Waals surface area (Å²) < 4.78 is 1.97. The molecule has 6 heteroatoms.